The van der Waals surface area contributed by atoms with Gasteiger partial charge in [0.2, 0.25) is 0 Å². The highest BCUT2D eigenvalue weighted by Crippen LogP contribution is 2.38. The summed E-state index contributed by atoms with van der Waals surface area (Å²) in [5, 5.41) is 7.23. The molecule has 8 heteroatoms. The summed E-state index contributed by atoms with van der Waals surface area (Å²) in [4.78, 5) is 4.25. The zero-order chi connectivity index (χ0) is 18.2. The van der Waals surface area contributed by atoms with Crippen molar-refractivity contribution in [3.05, 3.63) is 22.7 Å². The van der Waals surface area contributed by atoms with Crippen LogP contribution in [0, 0.1) is 5.92 Å². The number of aliphatic imine (C=N–C) groups is 1. The van der Waals surface area contributed by atoms with E-state index >= 15 is 0 Å². The molecule has 0 atom stereocenters. The summed E-state index contributed by atoms with van der Waals surface area (Å²) in [6, 6.07) is 3.93. The van der Waals surface area contributed by atoms with Crippen molar-refractivity contribution in [3.63, 3.8) is 0 Å². The number of rotatable bonds is 9. The van der Waals surface area contributed by atoms with Crippen molar-refractivity contribution in [1.82, 2.24) is 10.6 Å². The van der Waals surface area contributed by atoms with E-state index in [1.807, 2.05) is 12.1 Å². The topological polar surface area (TPSA) is 64.1 Å². The molecular formula is C19H29ClIN3O3. The Morgan fingerprint density at radius 3 is 2.78 bits per heavy atom. The predicted molar refractivity (Wildman–Crippen MR) is 119 cm³/mol. The van der Waals surface area contributed by atoms with Crippen molar-refractivity contribution < 1.29 is 14.2 Å². The highest BCUT2D eigenvalue weighted by molar-refractivity contribution is 14.0. The third-order valence-electron chi connectivity index (χ3n) is 4.39. The van der Waals surface area contributed by atoms with Crippen molar-refractivity contribution in [2.45, 2.75) is 25.7 Å². The molecular weight excluding hydrogens is 481 g/mol. The summed E-state index contributed by atoms with van der Waals surface area (Å²) in [6.07, 6.45) is 4.47. The van der Waals surface area contributed by atoms with Crippen LogP contribution in [-0.4, -0.2) is 52.5 Å². The van der Waals surface area contributed by atoms with Gasteiger partial charge in [0.15, 0.2) is 17.5 Å². The molecule has 0 unspecified atom stereocenters. The standard InChI is InChI=1S/C19H28ClN3O3.HI/c1-21-19(22-6-2-8-24-13-14-3-4-14)23-7-5-15-11-16(20)18-17(12-15)25-9-10-26-18;/h11-12,14H,2-10,13H2,1H3,(H2,21,22,23);1H. The Labute approximate surface area is 183 Å². The van der Waals surface area contributed by atoms with Crippen LogP contribution in [0.3, 0.4) is 0 Å². The zero-order valence-electron chi connectivity index (χ0n) is 15.8. The highest BCUT2D eigenvalue weighted by Gasteiger charge is 2.20. The molecule has 6 nitrogen and oxygen atoms in total. The molecule has 0 spiro atoms. The number of halogens is 2. The lowest BCUT2D eigenvalue weighted by Crippen LogP contribution is -2.39. The highest BCUT2D eigenvalue weighted by atomic mass is 127. The first-order chi connectivity index (χ1) is 12.8. The Bertz CT molecular complexity index is 626. The van der Waals surface area contributed by atoms with Gasteiger partial charge in [-0.05, 0) is 49.3 Å². The summed E-state index contributed by atoms with van der Waals surface area (Å²) < 4.78 is 16.8. The van der Waals surface area contributed by atoms with Crippen LogP contribution in [-0.2, 0) is 11.2 Å². The molecule has 152 valence electrons. The van der Waals surface area contributed by atoms with E-state index in [9.17, 15) is 0 Å². The van der Waals surface area contributed by atoms with Crippen LogP contribution >= 0.6 is 35.6 Å². The number of ether oxygens (including phenoxy) is 3. The van der Waals surface area contributed by atoms with Crippen LogP contribution in [0.5, 0.6) is 11.5 Å². The van der Waals surface area contributed by atoms with Crippen LogP contribution in [0.2, 0.25) is 5.02 Å². The molecule has 1 aliphatic carbocycles. The van der Waals surface area contributed by atoms with Crippen molar-refractivity contribution >= 4 is 41.5 Å². The molecule has 0 radical (unpaired) electrons. The number of nitrogens with one attached hydrogen (secondary N) is 2. The summed E-state index contributed by atoms with van der Waals surface area (Å²) in [5.41, 5.74) is 1.11. The summed E-state index contributed by atoms with van der Waals surface area (Å²) in [5.74, 6) is 3.01. The van der Waals surface area contributed by atoms with Crippen LogP contribution in [0.25, 0.3) is 0 Å². The van der Waals surface area contributed by atoms with Gasteiger partial charge in [0.05, 0.1) is 5.02 Å². The molecule has 1 aromatic rings. The minimum absolute atomic E-state index is 0. The Kier molecular flexibility index (Phi) is 9.78. The predicted octanol–water partition coefficient (Wildman–Crippen LogP) is 3.25. The SMILES string of the molecule is CN=C(NCCCOCC1CC1)NCCc1cc(Cl)c2c(c1)OCCO2.I. The molecule has 2 N–H and O–H groups in total. The third kappa shape index (κ3) is 7.54. The Balaban J connectivity index is 0.00000261. The summed E-state index contributed by atoms with van der Waals surface area (Å²) in [6.45, 7) is 4.43. The fraction of sp³-hybridized carbons (Fsp3) is 0.632. The van der Waals surface area contributed by atoms with Gasteiger partial charge in [0.25, 0.3) is 0 Å². The van der Waals surface area contributed by atoms with E-state index in [4.69, 9.17) is 25.8 Å². The molecule has 1 aromatic carbocycles. The molecule has 3 rings (SSSR count). The fourth-order valence-corrected chi connectivity index (χ4v) is 3.06. The minimum atomic E-state index is 0. The minimum Gasteiger partial charge on any atom is -0.486 e. The Morgan fingerprint density at radius 1 is 1.22 bits per heavy atom. The monoisotopic (exact) mass is 509 g/mol. The van der Waals surface area contributed by atoms with E-state index in [1.54, 1.807) is 7.05 Å². The maximum Gasteiger partial charge on any atom is 0.190 e. The van der Waals surface area contributed by atoms with Gasteiger partial charge in [0, 0.05) is 33.4 Å². The molecule has 2 aliphatic rings. The third-order valence-corrected chi connectivity index (χ3v) is 4.68. The number of hydrogen-bond donors (Lipinski definition) is 2. The number of hydrogen-bond acceptors (Lipinski definition) is 4. The molecule has 1 heterocycles. The van der Waals surface area contributed by atoms with Crippen molar-refractivity contribution in [1.29, 1.82) is 0 Å². The lowest BCUT2D eigenvalue weighted by Gasteiger charge is -2.20. The first-order valence-electron chi connectivity index (χ1n) is 9.36. The van der Waals surface area contributed by atoms with Gasteiger partial charge in [-0.25, -0.2) is 0 Å². The maximum atomic E-state index is 6.28. The quantitative estimate of drug-likeness (QED) is 0.232. The molecule has 0 amide bonds. The second kappa shape index (κ2) is 11.8. The zero-order valence-corrected chi connectivity index (χ0v) is 18.8. The maximum absolute atomic E-state index is 6.28. The van der Waals surface area contributed by atoms with Gasteiger partial charge in [-0.15, -0.1) is 24.0 Å². The number of guanidine groups is 1. The van der Waals surface area contributed by atoms with Gasteiger partial charge in [-0.3, -0.25) is 4.99 Å². The van der Waals surface area contributed by atoms with E-state index in [-0.39, 0.29) is 24.0 Å². The second-order valence-electron chi connectivity index (χ2n) is 6.65. The van der Waals surface area contributed by atoms with Gasteiger partial charge in [0.1, 0.15) is 13.2 Å². The largest absolute Gasteiger partial charge is 0.486 e. The van der Waals surface area contributed by atoms with E-state index in [2.05, 4.69) is 15.6 Å². The van der Waals surface area contributed by atoms with E-state index < -0.39 is 0 Å². The first kappa shape index (κ1) is 22.4. The molecule has 0 aromatic heterocycles. The number of fused-ring (bicyclic) bond motifs is 1. The smallest absolute Gasteiger partial charge is 0.190 e. The van der Waals surface area contributed by atoms with E-state index in [0.29, 0.717) is 24.0 Å². The van der Waals surface area contributed by atoms with Crippen molar-refractivity contribution in [2.24, 2.45) is 10.9 Å². The average molecular weight is 510 g/mol. The van der Waals surface area contributed by atoms with Crippen LogP contribution in [0.4, 0.5) is 0 Å². The first-order valence-corrected chi connectivity index (χ1v) is 9.74. The molecule has 0 saturated heterocycles. The van der Waals surface area contributed by atoms with E-state index in [1.165, 1.54) is 12.8 Å². The Morgan fingerprint density at radius 2 is 2.00 bits per heavy atom. The summed E-state index contributed by atoms with van der Waals surface area (Å²) >= 11 is 6.28. The molecule has 1 aliphatic heterocycles. The van der Waals surface area contributed by atoms with Crippen LogP contribution in [0.1, 0.15) is 24.8 Å². The van der Waals surface area contributed by atoms with Gasteiger partial charge in [-0.2, -0.15) is 0 Å². The Hall–Kier alpha value is -0.930. The summed E-state index contributed by atoms with van der Waals surface area (Å²) in [7, 11) is 1.78. The molecule has 1 fully saturated rings. The van der Waals surface area contributed by atoms with Crippen molar-refractivity contribution in [3.8, 4) is 11.5 Å². The number of benzene rings is 1. The normalized spacial score (nSPS) is 15.9. The second-order valence-corrected chi connectivity index (χ2v) is 7.06. The molecule has 1 saturated carbocycles. The molecule has 27 heavy (non-hydrogen) atoms. The number of nitrogens with zero attached hydrogens (tertiary/aromatic N) is 1. The molecule has 0 bridgehead atoms. The fourth-order valence-electron chi connectivity index (χ4n) is 2.77. The van der Waals surface area contributed by atoms with Crippen LogP contribution < -0.4 is 20.1 Å². The van der Waals surface area contributed by atoms with Crippen LogP contribution in [0.15, 0.2) is 17.1 Å². The lowest BCUT2D eigenvalue weighted by atomic mass is 10.1. The van der Waals surface area contributed by atoms with E-state index in [0.717, 1.165) is 62.3 Å². The average Bonchev–Trinajstić information content (AvgIpc) is 3.47. The lowest BCUT2D eigenvalue weighted by molar-refractivity contribution is 0.123. The van der Waals surface area contributed by atoms with Gasteiger partial charge < -0.3 is 24.8 Å². The van der Waals surface area contributed by atoms with Gasteiger partial charge in [-0.1, -0.05) is 11.6 Å². The van der Waals surface area contributed by atoms with Crippen molar-refractivity contribution in [2.75, 3.05) is 46.6 Å². The van der Waals surface area contributed by atoms with Gasteiger partial charge >= 0.3 is 0 Å².